The molecule has 7 nitrogen and oxygen atoms in total. The van der Waals surface area contributed by atoms with Gasteiger partial charge >= 0.3 is 0 Å². The van der Waals surface area contributed by atoms with Crippen LogP contribution in [0, 0.1) is 6.92 Å². The number of sulfone groups is 1. The Labute approximate surface area is 122 Å². The highest BCUT2D eigenvalue weighted by Gasteiger charge is 2.26. The summed E-state index contributed by atoms with van der Waals surface area (Å²) < 4.78 is 28.4. The maximum atomic E-state index is 11.6. The number of hydrogen-bond acceptors (Lipinski definition) is 7. The van der Waals surface area contributed by atoms with Gasteiger partial charge in [0.25, 0.3) is 0 Å². The Morgan fingerprint density at radius 1 is 1.48 bits per heavy atom. The molecule has 1 unspecified atom stereocenters. The largest absolute Gasteiger partial charge is 0.339 e. The fraction of sp³-hybridized carbons (Fsp3) is 0.462. The lowest BCUT2D eigenvalue weighted by atomic mass is 10.2. The summed E-state index contributed by atoms with van der Waals surface area (Å²) in [5, 5.41) is 7.06. The summed E-state index contributed by atoms with van der Waals surface area (Å²) in [4.78, 5) is 8.48. The molecule has 0 aliphatic carbocycles. The Morgan fingerprint density at radius 2 is 2.33 bits per heavy atom. The van der Waals surface area contributed by atoms with E-state index in [2.05, 4.69) is 20.4 Å². The number of aromatic nitrogens is 3. The number of nitrogens with one attached hydrogen (secondary N) is 1. The van der Waals surface area contributed by atoms with Crippen LogP contribution in [0.1, 0.15) is 11.5 Å². The second kappa shape index (κ2) is 5.53. The molecule has 8 heteroatoms. The van der Waals surface area contributed by atoms with Crippen LogP contribution in [0.3, 0.4) is 0 Å². The van der Waals surface area contributed by atoms with Crippen LogP contribution in [-0.4, -0.2) is 47.6 Å². The SMILES string of the molecule is Cc1ccnc(-c2noc(CC3CS(=O)(=O)CCN3)n2)c1. The molecule has 0 aromatic carbocycles. The summed E-state index contributed by atoms with van der Waals surface area (Å²) in [6, 6.07) is 3.58. The van der Waals surface area contributed by atoms with Gasteiger partial charge in [-0.3, -0.25) is 4.98 Å². The van der Waals surface area contributed by atoms with E-state index < -0.39 is 9.84 Å². The van der Waals surface area contributed by atoms with Crippen LogP contribution in [0.5, 0.6) is 0 Å². The quantitative estimate of drug-likeness (QED) is 0.874. The molecule has 0 radical (unpaired) electrons. The minimum atomic E-state index is -2.97. The van der Waals surface area contributed by atoms with E-state index in [1.54, 1.807) is 6.20 Å². The van der Waals surface area contributed by atoms with E-state index >= 15 is 0 Å². The first-order valence-electron chi connectivity index (χ1n) is 6.71. The van der Waals surface area contributed by atoms with E-state index in [1.165, 1.54) is 0 Å². The highest BCUT2D eigenvalue weighted by atomic mass is 32.2. The first-order valence-corrected chi connectivity index (χ1v) is 8.53. The molecule has 0 amide bonds. The minimum Gasteiger partial charge on any atom is -0.339 e. The van der Waals surface area contributed by atoms with E-state index in [-0.39, 0.29) is 17.5 Å². The van der Waals surface area contributed by atoms with Crippen molar-refractivity contribution in [3.63, 3.8) is 0 Å². The first-order chi connectivity index (χ1) is 10.0. The fourth-order valence-electron chi connectivity index (χ4n) is 2.31. The van der Waals surface area contributed by atoms with Gasteiger partial charge in [-0.1, -0.05) is 5.16 Å². The van der Waals surface area contributed by atoms with E-state index in [0.29, 0.717) is 30.4 Å². The summed E-state index contributed by atoms with van der Waals surface area (Å²) in [6.07, 6.45) is 2.09. The second-order valence-electron chi connectivity index (χ2n) is 5.20. The number of rotatable bonds is 3. The molecule has 21 heavy (non-hydrogen) atoms. The maximum Gasteiger partial charge on any atom is 0.228 e. The zero-order valence-corrected chi connectivity index (χ0v) is 12.4. The summed E-state index contributed by atoms with van der Waals surface area (Å²) in [5.41, 5.74) is 1.71. The number of hydrogen-bond donors (Lipinski definition) is 1. The van der Waals surface area contributed by atoms with E-state index in [0.717, 1.165) is 5.56 Å². The molecule has 1 saturated heterocycles. The van der Waals surface area contributed by atoms with Gasteiger partial charge in [0, 0.05) is 25.2 Å². The molecule has 1 N–H and O–H groups in total. The highest BCUT2D eigenvalue weighted by molar-refractivity contribution is 7.91. The lowest BCUT2D eigenvalue weighted by Crippen LogP contribution is -2.46. The molecule has 1 aliphatic rings. The van der Waals surface area contributed by atoms with Crippen LogP contribution in [-0.2, 0) is 16.3 Å². The van der Waals surface area contributed by atoms with Crippen LogP contribution in [0.15, 0.2) is 22.9 Å². The average molecular weight is 308 g/mol. The number of aryl methyl sites for hydroxylation is 1. The van der Waals surface area contributed by atoms with Crippen molar-refractivity contribution >= 4 is 9.84 Å². The fourth-order valence-corrected chi connectivity index (χ4v) is 3.75. The lowest BCUT2D eigenvalue weighted by molar-refractivity contribution is 0.361. The van der Waals surface area contributed by atoms with Gasteiger partial charge in [-0.05, 0) is 24.6 Å². The zero-order chi connectivity index (χ0) is 14.9. The topological polar surface area (TPSA) is 98.0 Å². The van der Waals surface area contributed by atoms with Crippen molar-refractivity contribution < 1.29 is 12.9 Å². The third-order valence-electron chi connectivity index (χ3n) is 3.33. The molecular formula is C13H16N4O3S. The molecule has 1 aliphatic heterocycles. The smallest absolute Gasteiger partial charge is 0.228 e. The molecule has 2 aromatic heterocycles. The normalized spacial score (nSPS) is 21.3. The maximum absolute atomic E-state index is 11.6. The molecule has 0 spiro atoms. The lowest BCUT2D eigenvalue weighted by Gasteiger charge is -2.21. The molecule has 0 bridgehead atoms. The van der Waals surface area contributed by atoms with Crippen LogP contribution < -0.4 is 5.32 Å². The first kappa shape index (κ1) is 14.2. The molecule has 112 valence electrons. The number of nitrogens with zero attached hydrogens (tertiary/aromatic N) is 3. The van der Waals surface area contributed by atoms with Crippen LogP contribution in [0.4, 0.5) is 0 Å². The van der Waals surface area contributed by atoms with E-state index in [9.17, 15) is 8.42 Å². The van der Waals surface area contributed by atoms with Gasteiger partial charge < -0.3 is 9.84 Å². The van der Waals surface area contributed by atoms with E-state index in [4.69, 9.17) is 4.52 Å². The third-order valence-corrected chi connectivity index (χ3v) is 5.07. The Morgan fingerprint density at radius 3 is 3.10 bits per heavy atom. The predicted octanol–water partition coefficient (Wildman–Crippen LogP) is 0.369. The Hall–Kier alpha value is -1.80. The summed E-state index contributed by atoms with van der Waals surface area (Å²) in [7, 11) is -2.97. The third kappa shape index (κ3) is 3.45. The van der Waals surface area contributed by atoms with Gasteiger partial charge in [0.15, 0.2) is 9.84 Å². The summed E-state index contributed by atoms with van der Waals surface area (Å²) in [5.74, 6) is 1.13. The van der Waals surface area contributed by atoms with Gasteiger partial charge in [0.2, 0.25) is 11.7 Å². The molecule has 3 heterocycles. The predicted molar refractivity (Wildman–Crippen MR) is 76.4 cm³/mol. The average Bonchev–Trinajstić information content (AvgIpc) is 2.86. The molecule has 0 saturated carbocycles. The van der Waals surface area contributed by atoms with Crippen molar-refractivity contribution in [2.24, 2.45) is 0 Å². The summed E-state index contributed by atoms with van der Waals surface area (Å²) in [6.45, 7) is 2.43. The van der Waals surface area contributed by atoms with Crippen molar-refractivity contribution in [1.82, 2.24) is 20.4 Å². The Kier molecular flexibility index (Phi) is 3.73. The van der Waals surface area contributed by atoms with Crippen LogP contribution in [0.25, 0.3) is 11.5 Å². The Balaban J connectivity index is 1.73. The minimum absolute atomic E-state index is 0.105. The highest BCUT2D eigenvalue weighted by Crippen LogP contribution is 2.15. The van der Waals surface area contributed by atoms with Crippen LogP contribution in [0.2, 0.25) is 0 Å². The molecule has 1 fully saturated rings. The molecule has 1 atom stereocenters. The van der Waals surface area contributed by atoms with Crippen molar-refractivity contribution in [2.45, 2.75) is 19.4 Å². The van der Waals surface area contributed by atoms with Crippen molar-refractivity contribution in [3.05, 3.63) is 29.8 Å². The Bertz CT molecular complexity index is 741. The standard InChI is InChI=1S/C13H16N4O3S/c1-9-2-3-15-11(6-9)13-16-12(20-17-13)7-10-8-21(18,19)5-4-14-10/h2-3,6,10,14H,4-5,7-8H2,1H3. The van der Waals surface area contributed by atoms with E-state index in [1.807, 2.05) is 19.1 Å². The summed E-state index contributed by atoms with van der Waals surface area (Å²) >= 11 is 0. The monoisotopic (exact) mass is 308 g/mol. The van der Waals surface area contributed by atoms with Gasteiger partial charge in [-0.25, -0.2) is 8.42 Å². The van der Waals surface area contributed by atoms with Gasteiger partial charge in [-0.15, -0.1) is 0 Å². The zero-order valence-electron chi connectivity index (χ0n) is 11.6. The number of pyridine rings is 1. The molecular weight excluding hydrogens is 292 g/mol. The van der Waals surface area contributed by atoms with Crippen molar-refractivity contribution in [2.75, 3.05) is 18.1 Å². The van der Waals surface area contributed by atoms with Crippen molar-refractivity contribution in [1.29, 1.82) is 0 Å². The van der Waals surface area contributed by atoms with Crippen LogP contribution >= 0.6 is 0 Å². The van der Waals surface area contributed by atoms with Crippen molar-refractivity contribution in [3.8, 4) is 11.5 Å². The van der Waals surface area contributed by atoms with Gasteiger partial charge in [0.1, 0.15) is 5.69 Å². The van der Waals surface area contributed by atoms with Gasteiger partial charge in [0.05, 0.1) is 11.5 Å². The molecule has 2 aromatic rings. The van der Waals surface area contributed by atoms with Gasteiger partial charge in [-0.2, -0.15) is 4.98 Å². The molecule has 3 rings (SSSR count). The second-order valence-corrected chi connectivity index (χ2v) is 7.43.